The van der Waals surface area contributed by atoms with Gasteiger partial charge in [0.25, 0.3) is 0 Å². The highest BCUT2D eigenvalue weighted by Crippen LogP contribution is 2.29. The zero-order valence-electron chi connectivity index (χ0n) is 10.2. The van der Waals surface area contributed by atoms with E-state index in [4.69, 9.17) is 5.73 Å². The number of hydrogen-bond acceptors (Lipinski definition) is 3. The summed E-state index contributed by atoms with van der Waals surface area (Å²) >= 11 is 0. The predicted octanol–water partition coefficient (Wildman–Crippen LogP) is 2.49. The summed E-state index contributed by atoms with van der Waals surface area (Å²) < 4.78 is 13.4. The largest absolute Gasteiger partial charge is 0.478 e. The zero-order valence-corrected chi connectivity index (χ0v) is 10.2. The Morgan fingerprint density at radius 1 is 1.22 bits per heavy atom. The van der Waals surface area contributed by atoms with Crippen LogP contribution in [0.4, 0.5) is 15.8 Å². The van der Waals surface area contributed by atoms with E-state index in [2.05, 4.69) is 0 Å². The molecule has 1 aliphatic heterocycles. The number of rotatable bonds is 2. The number of carbonyl (C=O) groups is 1. The van der Waals surface area contributed by atoms with Crippen molar-refractivity contribution in [3.63, 3.8) is 0 Å². The molecule has 1 fully saturated rings. The standard InChI is InChI=1S/C13H17FN2O2/c14-9-5-6-10(11(12(9)15)13(17)18)16-7-3-1-2-4-8-16/h5-6H,1-4,7-8,15H2,(H,17,18). The van der Waals surface area contributed by atoms with Crippen LogP contribution < -0.4 is 10.6 Å². The number of nitrogen functional groups attached to an aromatic ring is 1. The quantitative estimate of drug-likeness (QED) is 0.793. The van der Waals surface area contributed by atoms with Crippen LogP contribution in [0.1, 0.15) is 36.0 Å². The Kier molecular flexibility index (Phi) is 3.69. The van der Waals surface area contributed by atoms with Crippen molar-refractivity contribution in [3.05, 3.63) is 23.5 Å². The number of carboxylic acid groups (broad SMARTS) is 1. The lowest BCUT2D eigenvalue weighted by molar-refractivity contribution is 0.0698. The van der Waals surface area contributed by atoms with Crippen molar-refractivity contribution in [2.45, 2.75) is 25.7 Å². The maximum absolute atomic E-state index is 13.4. The first-order valence-electron chi connectivity index (χ1n) is 6.17. The molecule has 1 aliphatic rings. The van der Waals surface area contributed by atoms with Gasteiger partial charge < -0.3 is 15.7 Å². The van der Waals surface area contributed by atoms with Crippen molar-refractivity contribution in [1.29, 1.82) is 0 Å². The molecule has 0 unspecified atom stereocenters. The fourth-order valence-electron chi connectivity index (χ4n) is 2.38. The van der Waals surface area contributed by atoms with Crippen molar-refractivity contribution in [1.82, 2.24) is 0 Å². The van der Waals surface area contributed by atoms with Crippen LogP contribution in [0.15, 0.2) is 12.1 Å². The fourth-order valence-corrected chi connectivity index (χ4v) is 2.38. The third-order valence-corrected chi connectivity index (χ3v) is 3.33. The average Bonchev–Trinajstić information content (AvgIpc) is 2.60. The van der Waals surface area contributed by atoms with E-state index in [0.29, 0.717) is 5.69 Å². The van der Waals surface area contributed by atoms with E-state index in [9.17, 15) is 14.3 Å². The van der Waals surface area contributed by atoms with Gasteiger partial charge in [-0.05, 0) is 25.0 Å². The van der Waals surface area contributed by atoms with Crippen LogP contribution in [0.2, 0.25) is 0 Å². The summed E-state index contributed by atoms with van der Waals surface area (Å²) in [7, 11) is 0. The molecule has 0 aromatic heterocycles. The van der Waals surface area contributed by atoms with E-state index in [-0.39, 0.29) is 11.3 Å². The maximum atomic E-state index is 13.4. The molecule has 0 radical (unpaired) electrons. The zero-order chi connectivity index (χ0) is 13.1. The van der Waals surface area contributed by atoms with Crippen LogP contribution >= 0.6 is 0 Å². The topological polar surface area (TPSA) is 66.6 Å². The van der Waals surface area contributed by atoms with Crippen LogP contribution in [0.3, 0.4) is 0 Å². The number of nitrogens with zero attached hydrogens (tertiary/aromatic N) is 1. The minimum atomic E-state index is -1.17. The molecule has 0 bridgehead atoms. The highest BCUT2D eigenvalue weighted by atomic mass is 19.1. The molecule has 4 nitrogen and oxygen atoms in total. The Morgan fingerprint density at radius 2 is 1.83 bits per heavy atom. The minimum Gasteiger partial charge on any atom is -0.478 e. The molecule has 98 valence electrons. The lowest BCUT2D eigenvalue weighted by Gasteiger charge is -2.25. The summed E-state index contributed by atoms with van der Waals surface area (Å²) in [5, 5.41) is 9.20. The Bertz CT molecular complexity index is 455. The smallest absolute Gasteiger partial charge is 0.340 e. The lowest BCUT2D eigenvalue weighted by Crippen LogP contribution is -2.26. The third-order valence-electron chi connectivity index (χ3n) is 3.33. The van der Waals surface area contributed by atoms with E-state index in [1.165, 1.54) is 12.1 Å². The molecule has 3 N–H and O–H groups in total. The average molecular weight is 252 g/mol. The van der Waals surface area contributed by atoms with Gasteiger partial charge in [-0.3, -0.25) is 0 Å². The van der Waals surface area contributed by atoms with Gasteiger partial charge in [0.05, 0.1) is 11.4 Å². The summed E-state index contributed by atoms with van der Waals surface area (Å²) in [6.07, 6.45) is 4.35. The summed E-state index contributed by atoms with van der Waals surface area (Å²) in [6.45, 7) is 1.59. The van der Waals surface area contributed by atoms with Crippen molar-refractivity contribution in [2.75, 3.05) is 23.7 Å². The van der Waals surface area contributed by atoms with E-state index in [1.54, 1.807) is 0 Å². The Balaban J connectivity index is 2.42. The molecule has 1 heterocycles. The fraction of sp³-hybridized carbons (Fsp3) is 0.462. The highest BCUT2D eigenvalue weighted by molar-refractivity contribution is 6.00. The first-order valence-corrected chi connectivity index (χ1v) is 6.17. The number of anilines is 2. The molecule has 0 amide bonds. The Labute approximate surface area is 105 Å². The number of aromatic carboxylic acids is 1. The van der Waals surface area contributed by atoms with Crippen molar-refractivity contribution in [2.24, 2.45) is 0 Å². The van der Waals surface area contributed by atoms with Gasteiger partial charge in [0, 0.05) is 13.1 Å². The van der Waals surface area contributed by atoms with Gasteiger partial charge in [0.2, 0.25) is 0 Å². The first-order chi connectivity index (χ1) is 8.61. The molecule has 18 heavy (non-hydrogen) atoms. The number of benzene rings is 1. The SMILES string of the molecule is Nc1c(F)ccc(N2CCCCCC2)c1C(=O)O. The van der Waals surface area contributed by atoms with Gasteiger partial charge in [-0.25, -0.2) is 9.18 Å². The molecule has 0 atom stereocenters. The number of hydrogen-bond donors (Lipinski definition) is 2. The molecule has 1 aromatic carbocycles. The summed E-state index contributed by atoms with van der Waals surface area (Å²) in [5.41, 5.74) is 5.69. The van der Waals surface area contributed by atoms with E-state index in [1.807, 2.05) is 4.90 Å². The van der Waals surface area contributed by atoms with Crippen LogP contribution in [0.25, 0.3) is 0 Å². The molecular formula is C13H17FN2O2. The third kappa shape index (κ3) is 2.39. The molecular weight excluding hydrogens is 235 g/mol. The van der Waals surface area contributed by atoms with Crippen LogP contribution in [0, 0.1) is 5.82 Å². The molecule has 1 saturated heterocycles. The van der Waals surface area contributed by atoms with Crippen molar-refractivity contribution < 1.29 is 14.3 Å². The second-order valence-corrected chi connectivity index (χ2v) is 4.56. The first kappa shape index (κ1) is 12.7. The predicted molar refractivity (Wildman–Crippen MR) is 68.5 cm³/mol. The van der Waals surface area contributed by atoms with E-state index in [0.717, 1.165) is 38.8 Å². The van der Waals surface area contributed by atoms with E-state index >= 15 is 0 Å². The normalized spacial score (nSPS) is 16.4. The summed E-state index contributed by atoms with van der Waals surface area (Å²) in [4.78, 5) is 13.2. The minimum absolute atomic E-state index is 0.114. The molecule has 1 aromatic rings. The van der Waals surface area contributed by atoms with Gasteiger partial charge in [0.1, 0.15) is 11.4 Å². The van der Waals surface area contributed by atoms with Gasteiger partial charge in [-0.1, -0.05) is 12.8 Å². The van der Waals surface area contributed by atoms with Crippen molar-refractivity contribution >= 4 is 17.3 Å². The van der Waals surface area contributed by atoms with Crippen molar-refractivity contribution in [3.8, 4) is 0 Å². The molecule has 0 saturated carbocycles. The second kappa shape index (κ2) is 5.25. The highest BCUT2D eigenvalue weighted by Gasteiger charge is 2.22. The van der Waals surface area contributed by atoms with Gasteiger partial charge >= 0.3 is 5.97 Å². The summed E-state index contributed by atoms with van der Waals surface area (Å²) in [5.74, 6) is -1.85. The van der Waals surface area contributed by atoms with Crippen LogP contribution in [0.5, 0.6) is 0 Å². The van der Waals surface area contributed by atoms with Gasteiger partial charge in [-0.15, -0.1) is 0 Å². The number of halogens is 1. The van der Waals surface area contributed by atoms with Crippen LogP contribution in [-0.2, 0) is 0 Å². The number of carboxylic acids is 1. The second-order valence-electron chi connectivity index (χ2n) is 4.56. The molecule has 5 heteroatoms. The molecule has 0 spiro atoms. The maximum Gasteiger partial charge on any atom is 0.340 e. The number of nitrogens with two attached hydrogens (primary N) is 1. The van der Waals surface area contributed by atoms with E-state index < -0.39 is 11.8 Å². The molecule has 0 aliphatic carbocycles. The Morgan fingerprint density at radius 3 is 2.39 bits per heavy atom. The summed E-state index contributed by atoms with van der Waals surface area (Å²) in [6, 6.07) is 2.75. The van der Waals surface area contributed by atoms with Gasteiger partial charge in [0.15, 0.2) is 0 Å². The monoisotopic (exact) mass is 252 g/mol. The lowest BCUT2D eigenvalue weighted by atomic mass is 10.1. The van der Waals surface area contributed by atoms with Crippen LogP contribution in [-0.4, -0.2) is 24.2 Å². The van der Waals surface area contributed by atoms with Gasteiger partial charge in [-0.2, -0.15) is 0 Å². The Hall–Kier alpha value is -1.78. The molecule has 2 rings (SSSR count).